The predicted octanol–water partition coefficient (Wildman–Crippen LogP) is 2.07. The van der Waals surface area contributed by atoms with Crippen LogP contribution >= 0.6 is 0 Å². The van der Waals surface area contributed by atoms with E-state index in [1.165, 1.54) is 18.4 Å². The molecule has 5 heteroatoms. The molecule has 0 bridgehead atoms. The first-order chi connectivity index (χ1) is 10.8. The van der Waals surface area contributed by atoms with E-state index in [9.17, 15) is 4.79 Å². The van der Waals surface area contributed by atoms with E-state index >= 15 is 0 Å². The zero-order chi connectivity index (χ0) is 15.4. The number of ether oxygens (including phenoxy) is 1. The molecule has 3 rings (SSSR count). The van der Waals surface area contributed by atoms with Crippen LogP contribution in [0, 0.1) is 0 Å². The first kappa shape index (κ1) is 14.8. The number of hydrogen-bond donors (Lipinski definition) is 1. The van der Waals surface area contributed by atoms with Crippen LogP contribution in [0.5, 0.6) is 0 Å². The highest BCUT2D eigenvalue weighted by Crippen LogP contribution is 2.29. The molecule has 0 aliphatic heterocycles. The lowest BCUT2D eigenvalue weighted by atomic mass is 9.93. The van der Waals surface area contributed by atoms with Gasteiger partial charge in [0.15, 0.2) is 0 Å². The number of aromatic nitrogens is 2. The van der Waals surface area contributed by atoms with Gasteiger partial charge in [0.2, 0.25) is 5.91 Å². The van der Waals surface area contributed by atoms with E-state index in [0.717, 1.165) is 31.4 Å². The molecule has 1 atom stereocenters. The van der Waals surface area contributed by atoms with Gasteiger partial charge >= 0.3 is 0 Å². The second-order valence-corrected chi connectivity index (χ2v) is 5.64. The lowest BCUT2D eigenvalue weighted by Crippen LogP contribution is -2.33. The van der Waals surface area contributed by atoms with Gasteiger partial charge in [-0.15, -0.1) is 0 Å². The molecule has 0 unspecified atom stereocenters. The Hall–Kier alpha value is -2.14. The normalized spacial score (nSPS) is 17.0. The molecule has 0 saturated carbocycles. The highest BCUT2D eigenvalue weighted by Gasteiger charge is 2.25. The molecule has 116 valence electrons. The fraction of sp³-hybridized carbons (Fsp3) is 0.412. The van der Waals surface area contributed by atoms with Crippen molar-refractivity contribution >= 4 is 5.91 Å². The first-order valence-corrected chi connectivity index (χ1v) is 7.64. The van der Waals surface area contributed by atoms with Crippen molar-refractivity contribution in [1.29, 1.82) is 0 Å². The maximum atomic E-state index is 11.8. The molecule has 2 aromatic rings. The minimum absolute atomic E-state index is 0.0518. The summed E-state index contributed by atoms with van der Waals surface area (Å²) in [5.74, 6) is -0.0730. The van der Waals surface area contributed by atoms with Gasteiger partial charge in [-0.2, -0.15) is 5.10 Å². The molecule has 0 spiro atoms. The van der Waals surface area contributed by atoms with Crippen LogP contribution < -0.4 is 5.32 Å². The Morgan fingerprint density at radius 1 is 1.41 bits per heavy atom. The molecule has 1 aliphatic carbocycles. The topological polar surface area (TPSA) is 56.1 Å². The number of benzene rings is 1. The van der Waals surface area contributed by atoms with Crippen LogP contribution in [-0.4, -0.2) is 29.4 Å². The van der Waals surface area contributed by atoms with Crippen LogP contribution in [-0.2, 0) is 22.5 Å². The second-order valence-electron chi connectivity index (χ2n) is 5.64. The zero-order valence-corrected chi connectivity index (χ0v) is 12.8. The van der Waals surface area contributed by atoms with Crippen molar-refractivity contribution in [3.05, 3.63) is 53.3 Å². The van der Waals surface area contributed by atoms with Gasteiger partial charge in [-0.1, -0.05) is 30.3 Å². The van der Waals surface area contributed by atoms with Crippen LogP contribution in [0.1, 0.15) is 35.7 Å². The van der Waals surface area contributed by atoms with Crippen molar-refractivity contribution in [1.82, 2.24) is 15.1 Å². The molecule has 1 aromatic carbocycles. The fourth-order valence-electron chi connectivity index (χ4n) is 3.03. The van der Waals surface area contributed by atoms with Gasteiger partial charge in [0.1, 0.15) is 6.61 Å². The number of rotatable bonds is 5. The number of carbonyl (C=O) groups is 1. The van der Waals surface area contributed by atoms with Crippen LogP contribution in [0.15, 0.2) is 36.5 Å². The average Bonchev–Trinajstić information content (AvgIpc) is 2.93. The number of fused-ring (bicyclic) bond motifs is 1. The van der Waals surface area contributed by atoms with Gasteiger partial charge in [-0.25, -0.2) is 0 Å². The minimum Gasteiger partial charge on any atom is -0.375 e. The summed E-state index contributed by atoms with van der Waals surface area (Å²) in [6, 6.07) is 10.4. The summed E-state index contributed by atoms with van der Waals surface area (Å²) < 4.78 is 6.94. The Bertz CT molecular complexity index is 637. The standard InChI is InChI=1S/C17H21N3O2/c1-22-12-17(21)19-15-8-5-9-16-14(15)10-18-20(16)11-13-6-3-2-4-7-13/h2-4,6-7,10,15H,5,8-9,11-12H2,1H3,(H,19,21)/t15-/m0/s1. The lowest BCUT2D eigenvalue weighted by molar-refractivity contribution is -0.125. The van der Waals surface area contributed by atoms with Crippen molar-refractivity contribution in [2.45, 2.75) is 31.8 Å². The molecule has 1 aromatic heterocycles. The second kappa shape index (κ2) is 6.75. The Morgan fingerprint density at radius 3 is 3.00 bits per heavy atom. The summed E-state index contributed by atoms with van der Waals surface area (Å²) in [5, 5.41) is 7.57. The van der Waals surface area contributed by atoms with Gasteiger partial charge in [-0.3, -0.25) is 9.48 Å². The van der Waals surface area contributed by atoms with E-state index in [4.69, 9.17) is 4.74 Å². The smallest absolute Gasteiger partial charge is 0.246 e. The number of methoxy groups -OCH3 is 1. The molecule has 0 radical (unpaired) electrons. The molecule has 1 amide bonds. The fourth-order valence-corrected chi connectivity index (χ4v) is 3.03. The number of amides is 1. The Balaban J connectivity index is 1.77. The molecule has 22 heavy (non-hydrogen) atoms. The molecular weight excluding hydrogens is 278 g/mol. The molecule has 5 nitrogen and oxygen atoms in total. The number of carbonyl (C=O) groups excluding carboxylic acids is 1. The Kier molecular flexibility index (Phi) is 4.53. The Labute approximate surface area is 130 Å². The van der Waals surface area contributed by atoms with Crippen molar-refractivity contribution in [2.24, 2.45) is 0 Å². The predicted molar refractivity (Wildman–Crippen MR) is 83.5 cm³/mol. The van der Waals surface area contributed by atoms with Gasteiger partial charge in [-0.05, 0) is 24.8 Å². The molecule has 0 saturated heterocycles. The quantitative estimate of drug-likeness (QED) is 0.919. The maximum Gasteiger partial charge on any atom is 0.246 e. The molecular formula is C17H21N3O2. The van der Waals surface area contributed by atoms with Gasteiger partial charge in [0.25, 0.3) is 0 Å². The highest BCUT2D eigenvalue weighted by atomic mass is 16.5. The Morgan fingerprint density at radius 2 is 2.23 bits per heavy atom. The maximum absolute atomic E-state index is 11.8. The summed E-state index contributed by atoms with van der Waals surface area (Å²) in [4.78, 5) is 11.8. The number of hydrogen-bond acceptors (Lipinski definition) is 3. The number of nitrogens with zero attached hydrogens (tertiary/aromatic N) is 2. The van der Waals surface area contributed by atoms with Crippen molar-refractivity contribution in [3.63, 3.8) is 0 Å². The van der Waals surface area contributed by atoms with Crippen molar-refractivity contribution in [3.8, 4) is 0 Å². The molecule has 1 heterocycles. The molecule has 0 fully saturated rings. The lowest BCUT2D eigenvalue weighted by Gasteiger charge is -2.24. The monoisotopic (exact) mass is 299 g/mol. The van der Waals surface area contributed by atoms with Crippen molar-refractivity contribution < 1.29 is 9.53 Å². The summed E-state index contributed by atoms with van der Waals surface area (Å²) in [7, 11) is 1.53. The van der Waals surface area contributed by atoms with Crippen LogP contribution in [0.4, 0.5) is 0 Å². The first-order valence-electron chi connectivity index (χ1n) is 7.64. The summed E-state index contributed by atoms with van der Waals surface area (Å²) >= 11 is 0. The summed E-state index contributed by atoms with van der Waals surface area (Å²) in [6.45, 7) is 0.874. The molecule has 1 aliphatic rings. The van der Waals surface area contributed by atoms with Crippen molar-refractivity contribution in [2.75, 3.05) is 13.7 Å². The van der Waals surface area contributed by atoms with Gasteiger partial charge < -0.3 is 10.1 Å². The van der Waals surface area contributed by atoms with Gasteiger partial charge in [0.05, 0.1) is 18.8 Å². The van der Waals surface area contributed by atoms with E-state index in [-0.39, 0.29) is 18.6 Å². The zero-order valence-electron chi connectivity index (χ0n) is 12.8. The largest absolute Gasteiger partial charge is 0.375 e. The van der Waals surface area contributed by atoms with Crippen LogP contribution in [0.2, 0.25) is 0 Å². The average molecular weight is 299 g/mol. The third kappa shape index (κ3) is 3.20. The van der Waals surface area contributed by atoms with Gasteiger partial charge in [0, 0.05) is 18.4 Å². The van der Waals surface area contributed by atoms with Crippen LogP contribution in [0.25, 0.3) is 0 Å². The highest BCUT2D eigenvalue weighted by molar-refractivity contribution is 5.77. The third-order valence-corrected chi connectivity index (χ3v) is 4.05. The summed E-state index contributed by atoms with van der Waals surface area (Å²) in [6.07, 6.45) is 4.93. The van der Waals surface area contributed by atoms with E-state index in [0.29, 0.717) is 0 Å². The third-order valence-electron chi connectivity index (χ3n) is 4.05. The van der Waals surface area contributed by atoms with E-state index in [1.54, 1.807) is 0 Å². The molecule has 1 N–H and O–H groups in total. The van der Waals surface area contributed by atoms with E-state index < -0.39 is 0 Å². The van der Waals surface area contributed by atoms with E-state index in [2.05, 4.69) is 27.2 Å². The van der Waals surface area contributed by atoms with Crippen LogP contribution in [0.3, 0.4) is 0 Å². The minimum atomic E-state index is -0.0730. The SMILES string of the molecule is COCC(=O)N[C@H]1CCCc2c1cnn2Cc1ccccc1. The van der Waals surface area contributed by atoms with E-state index in [1.807, 2.05) is 24.4 Å². The summed E-state index contributed by atoms with van der Waals surface area (Å²) in [5.41, 5.74) is 3.61. The number of nitrogens with one attached hydrogen (secondary N) is 1.